The van der Waals surface area contributed by atoms with Crippen LogP contribution in [0.5, 0.6) is 0 Å². The molecule has 1 aliphatic carbocycles. The Morgan fingerprint density at radius 2 is 2.18 bits per heavy atom. The van der Waals surface area contributed by atoms with E-state index in [4.69, 9.17) is 5.73 Å². The normalized spacial score (nSPS) is 27.2. The van der Waals surface area contributed by atoms with Crippen LogP contribution in [0.25, 0.3) is 0 Å². The Morgan fingerprint density at radius 1 is 1.53 bits per heavy atom. The number of amides is 1. The van der Waals surface area contributed by atoms with Gasteiger partial charge in [-0.1, -0.05) is 40.5 Å². The van der Waals surface area contributed by atoms with Crippen molar-refractivity contribution in [2.24, 2.45) is 17.1 Å². The lowest BCUT2D eigenvalue weighted by molar-refractivity contribution is -0.124. The van der Waals surface area contributed by atoms with Crippen molar-refractivity contribution in [3.8, 4) is 0 Å². The molecule has 3 nitrogen and oxygen atoms in total. The van der Waals surface area contributed by atoms with Crippen LogP contribution in [-0.2, 0) is 4.79 Å². The van der Waals surface area contributed by atoms with Gasteiger partial charge < -0.3 is 11.1 Å². The van der Waals surface area contributed by atoms with E-state index >= 15 is 0 Å². The molecule has 0 spiro atoms. The number of hydrogen-bond donors (Lipinski definition) is 2. The van der Waals surface area contributed by atoms with Gasteiger partial charge in [-0.25, -0.2) is 0 Å². The van der Waals surface area contributed by atoms with Crippen molar-refractivity contribution in [3.05, 3.63) is 0 Å². The van der Waals surface area contributed by atoms with Gasteiger partial charge in [0.1, 0.15) is 0 Å². The molecule has 100 valence electrons. The quantitative estimate of drug-likeness (QED) is 0.793. The van der Waals surface area contributed by atoms with E-state index in [-0.39, 0.29) is 17.9 Å². The molecule has 1 saturated carbocycles. The number of hydrogen-bond acceptors (Lipinski definition) is 2. The molecule has 0 heterocycles. The molecule has 3 atom stereocenters. The van der Waals surface area contributed by atoms with Gasteiger partial charge in [0.05, 0.1) is 6.04 Å². The van der Waals surface area contributed by atoms with Gasteiger partial charge in [0.2, 0.25) is 5.91 Å². The molecule has 3 N–H and O–H groups in total. The molecule has 3 heteroatoms. The van der Waals surface area contributed by atoms with E-state index in [2.05, 4.69) is 26.1 Å². The fourth-order valence-corrected chi connectivity index (χ4v) is 2.63. The summed E-state index contributed by atoms with van der Waals surface area (Å²) in [5.41, 5.74) is 6.30. The zero-order valence-electron chi connectivity index (χ0n) is 11.8. The van der Waals surface area contributed by atoms with Crippen LogP contribution in [0.15, 0.2) is 0 Å². The van der Waals surface area contributed by atoms with Crippen LogP contribution in [0.3, 0.4) is 0 Å². The summed E-state index contributed by atoms with van der Waals surface area (Å²) >= 11 is 0. The van der Waals surface area contributed by atoms with Crippen LogP contribution in [0.4, 0.5) is 0 Å². The van der Waals surface area contributed by atoms with E-state index in [1.165, 1.54) is 12.8 Å². The molecule has 1 unspecified atom stereocenters. The van der Waals surface area contributed by atoms with Crippen molar-refractivity contribution in [1.82, 2.24) is 5.32 Å². The maximum atomic E-state index is 12.0. The fourth-order valence-electron chi connectivity index (χ4n) is 2.63. The average Bonchev–Trinajstić information content (AvgIpc) is 2.25. The minimum atomic E-state index is -0.356. The van der Waals surface area contributed by atoms with Crippen molar-refractivity contribution in [3.63, 3.8) is 0 Å². The van der Waals surface area contributed by atoms with E-state index in [0.717, 1.165) is 19.3 Å². The van der Waals surface area contributed by atoms with Gasteiger partial charge in [-0.05, 0) is 30.6 Å². The number of nitrogens with two attached hydrogens (primary N) is 1. The summed E-state index contributed by atoms with van der Waals surface area (Å²) < 4.78 is 0. The Kier molecular flexibility index (Phi) is 4.99. The van der Waals surface area contributed by atoms with Crippen LogP contribution in [0.1, 0.15) is 59.8 Å². The summed E-state index contributed by atoms with van der Waals surface area (Å²) in [6.07, 6.45) is 5.59. The summed E-state index contributed by atoms with van der Waals surface area (Å²) in [5, 5.41) is 3.13. The lowest BCUT2D eigenvalue weighted by Gasteiger charge is -2.36. The molecular weight excluding hydrogens is 212 g/mol. The second-order valence-electron chi connectivity index (χ2n) is 6.38. The molecule has 0 radical (unpaired) electrons. The molecule has 1 fully saturated rings. The lowest BCUT2D eigenvalue weighted by Crippen LogP contribution is -2.50. The van der Waals surface area contributed by atoms with E-state index in [1.54, 1.807) is 0 Å². The maximum Gasteiger partial charge on any atom is 0.237 e. The van der Waals surface area contributed by atoms with E-state index in [0.29, 0.717) is 11.5 Å². The lowest BCUT2D eigenvalue weighted by atomic mass is 9.75. The highest BCUT2D eigenvalue weighted by Crippen LogP contribution is 2.35. The molecule has 0 aromatic carbocycles. The minimum Gasteiger partial charge on any atom is -0.352 e. The Balaban J connectivity index is 2.46. The Bertz CT molecular complexity index is 263. The third-order valence-corrected chi connectivity index (χ3v) is 4.11. The average molecular weight is 240 g/mol. The van der Waals surface area contributed by atoms with E-state index in [1.807, 2.05) is 6.92 Å². The molecule has 0 saturated heterocycles. The van der Waals surface area contributed by atoms with Gasteiger partial charge in [-0.15, -0.1) is 0 Å². The van der Waals surface area contributed by atoms with Crippen molar-refractivity contribution in [2.75, 3.05) is 0 Å². The fraction of sp³-hybridized carbons (Fsp3) is 0.929. The largest absolute Gasteiger partial charge is 0.352 e. The summed E-state index contributed by atoms with van der Waals surface area (Å²) in [4.78, 5) is 12.0. The molecule has 1 rings (SSSR count). The van der Waals surface area contributed by atoms with Gasteiger partial charge in [0.25, 0.3) is 0 Å². The van der Waals surface area contributed by atoms with Crippen LogP contribution >= 0.6 is 0 Å². The molecule has 0 aromatic heterocycles. The monoisotopic (exact) mass is 240 g/mol. The molecule has 1 amide bonds. The highest BCUT2D eigenvalue weighted by Gasteiger charge is 2.30. The SMILES string of the molecule is CC[C@H](C)[C@H](N)C(=O)NC1CCCC(C)(C)C1. The Labute approximate surface area is 106 Å². The summed E-state index contributed by atoms with van der Waals surface area (Å²) in [6.45, 7) is 8.66. The zero-order valence-corrected chi connectivity index (χ0v) is 11.8. The summed E-state index contributed by atoms with van der Waals surface area (Å²) in [5.74, 6) is 0.286. The van der Waals surface area contributed by atoms with E-state index in [9.17, 15) is 4.79 Å². The molecule has 0 aliphatic heterocycles. The standard InChI is InChI=1S/C14H28N2O/c1-5-10(2)12(15)13(17)16-11-7-6-8-14(3,4)9-11/h10-12H,5-9,15H2,1-4H3,(H,16,17)/t10-,11?,12-/m0/s1. The Hall–Kier alpha value is -0.570. The smallest absolute Gasteiger partial charge is 0.237 e. The third-order valence-electron chi connectivity index (χ3n) is 4.11. The van der Waals surface area contributed by atoms with Crippen molar-refractivity contribution < 1.29 is 4.79 Å². The van der Waals surface area contributed by atoms with E-state index < -0.39 is 0 Å². The van der Waals surface area contributed by atoms with Crippen molar-refractivity contribution >= 4 is 5.91 Å². The topological polar surface area (TPSA) is 55.1 Å². The molecular formula is C14H28N2O. The van der Waals surface area contributed by atoms with Gasteiger partial charge in [0, 0.05) is 6.04 Å². The first kappa shape index (κ1) is 14.5. The predicted molar refractivity (Wildman–Crippen MR) is 71.6 cm³/mol. The van der Waals surface area contributed by atoms with Crippen LogP contribution in [0.2, 0.25) is 0 Å². The van der Waals surface area contributed by atoms with Gasteiger partial charge in [0.15, 0.2) is 0 Å². The summed E-state index contributed by atoms with van der Waals surface area (Å²) in [7, 11) is 0. The second kappa shape index (κ2) is 5.85. The van der Waals surface area contributed by atoms with Crippen molar-refractivity contribution in [2.45, 2.75) is 71.9 Å². The van der Waals surface area contributed by atoms with Crippen molar-refractivity contribution in [1.29, 1.82) is 0 Å². The number of rotatable bonds is 4. The first-order valence-electron chi connectivity index (χ1n) is 6.91. The zero-order chi connectivity index (χ0) is 13.1. The molecule has 17 heavy (non-hydrogen) atoms. The molecule has 1 aliphatic rings. The second-order valence-corrected chi connectivity index (χ2v) is 6.38. The van der Waals surface area contributed by atoms with Gasteiger partial charge in [-0.2, -0.15) is 0 Å². The highest BCUT2D eigenvalue weighted by molar-refractivity contribution is 5.82. The molecule has 0 bridgehead atoms. The number of carbonyl (C=O) groups is 1. The first-order valence-corrected chi connectivity index (χ1v) is 6.91. The first-order chi connectivity index (χ1) is 7.85. The minimum absolute atomic E-state index is 0.0297. The van der Waals surface area contributed by atoms with Gasteiger partial charge >= 0.3 is 0 Å². The summed E-state index contributed by atoms with van der Waals surface area (Å²) in [6, 6.07) is -0.0357. The Morgan fingerprint density at radius 3 is 2.71 bits per heavy atom. The predicted octanol–water partition coefficient (Wildman–Crippen LogP) is 2.44. The molecule has 0 aromatic rings. The maximum absolute atomic E-state index is 12.0. The highest BCUT2D eigenvalue weighted by atomic mass is 16.2. The van der Waals surface area contributed by atoms with Gasteiger partial charge in [-0.3, -0.25) is 4.79 Å². The van der Waals surface area contributed by atoms with Crippen LogP contribution in [-0.4, -0.2) is 18.0 Å². The van der Waals surface area contributed by atoms with Crippen LogP contribution in [0, 0.1) is 11.3 Å². The number of carbonyl (C=O) groups excluding carboxylic acids is 1. The number of nitrogens with one attached hydrogen (secondary N) is 1. The third kappa shape index (κ3) is 4.30. The van der Waals surface area contributed by atoms with Crippen LogP contribution < -0.4 is 11.1 Å².